The zero-order valence-corrected chi connectivity index (χ0v) is 11.9. The molecule has 0 amide bonds. The molecule has 1 unspecified atom stereocenters. The van der Waals surface area contributed by atoms with Gasteiger partial charge in [0, 0.05) is 17.1 Å². The van der Waals surface area contributed by atoms with Crippen molar-refractivity contribution in [2.75, 3.05) is 7.11 Å². The largest absolute Gasteiger partial charge is 0.496 e. The van der Waals surface area contributed by atoms with Crippen molar-refractivity contribution >= 4 is 15.9 Å². The van der Waals surface area contributed by atoms with Gasteiger partial charge >= 0.3 is 0 Å². The van der Waals surface area contributed by atoms with Crippen molar-refractivity contribution in [2.24, 2.45) is 0 Å². The number of methoxy groups -OCH3 is 1. The number of aliphatic hydroxyl groups is 1. The molecule has 3 nitrogen and oxygen atoms in total. The average Bonchev–Trinajstić information content (AvgIpc) is 2.39. The fourth-order valence-electron chi connectivity index (χ4n) is 1.85. The molecule has 1 heterocycles. The highest BCUT2D eigenvalue weighted by Crippen LogP contribution is 2.28. The van der Waals surface area contributed by atoms with E-state index in [-0.39, 0.29) is 12.1 Å². The van der Waals surface area contributed by atoms with E-state index in [1.165, 1.54) is 18.3 Å². The van der Waals surface area contributed by atoms with Gasteiger partial charge in [-0.25, -0.2) is 4.39 Å². The highest BCUT2D eigenvalue weighted by Gasteiger charge is 2.17. The topological polar surface area (TPSA) is 42.4 Å². The molecular formula is C14H13BrFNO2. The van der Waals surface area contributed by atoms with Gasteiger partial charge in [0.1, 0.15) is 23.4 Å². The summed E-state index contributed by atoms with van der Waals surface area (Å²) in [5, 5.41) is 10.1. The van der Waals surface area contributed by atoms with E-state index in [1.54, 1.807) is 13.2 Å². The number of halogens is 2. The lowest BCUT2D eigenvalue weighted by Crippen LogP contribution is -2.07. The summed E-state index contributed by atoms with van der Waals surface area (Å²) >= 11 is 3.36. The molecule has 0 radical (unpaired) electrons. The van der Waals surface area contributed by atoms with E-state index in [4.69, 9.17) is 4.74 Å². The van der Waals surface area contributed by atoms with Gasteiger partial charge in [-0.2, -0.15) is 0 Å². The zero-order chi connectivity index (χ0) is 13.8. The van der Waals surface area contributed by atoms with E-state index in [0.717, 1.165) is 10.0 Å². The molecule has 2 rings (SSSR count). The first-order valence-electron chi connectivity index (χ1n) is 5.72. The predicted octanol–water partition coefficient (Wildman–Crippen LogP) is 3.27. The molecule has 2 aromatic rings. The number of hydrogen-bond donors (Lipinski definition) is 1. The fourth-order valence-corrected chi connectivity index (χ4v) is 2.26. The van der Waals surface area contributed by atoms with Crippen LogP contribution in [0.5, 0.6) is 5.75 Å². The summed E-state index contributed by atoms with van der Waals surface area (Å²) < 4.78 is 19.6. The van der Waals surface area contributed by atoms with Crippen molar-refractivity contribution < 1.29 is 14.2 Å². The fraction of sp³-hybridized carbons (Fsp3) is 0.214. The van der Waals surface area contributed by atoms with Crippen LogP contribution in [0.4, 0.5) is 4.39 Å². The zero-order valence-electron chi connectivity index (χ0n) is 10.3. The quantitative estimate of drug-likeness (QED) is 0.938. The SMILES string of the molecule is COc1ccc(Br)cc1CC(O)c1ncccc1F. The Balaban J connectivity index is 2.26. The molecule has 0 bridgehead atoms. The highest BCUT2D eigenvalue weighted by molar-refractivity contribution is 9.10. The van der Waals surface area contributed by atoms with Crippen molar-refractivity contribution in [3.05, 3.63) is 58.1 Å². The number of aromatic nitrogens is 1. The molecule has 1 aromatic carbocycles. The van der Waals surface area contributed by atoms with Gasteiger partial charge < -0.3 is 9.84 Å². The van der Waals surface area contributed by atoms with Crippen LogP contribution in [0.2, 0.25) is 0 Å². The molecule has 19 heavy (non-hydrogen) atoms. The van der Waals surface area contributed by atoms with Crippen LogP contribution in [-0.4, -0.2) is 17.2 Å². The Labute approximate surface area is 119 Å². The third kappa shape index (κ3) is 3.30. The van der Waals surface area contributed by atoms with Crippen LogP contribution < -0.4 is 4.74 Å². The standard InChI is InChI=1S/C14H13BrFNO2/c1-19-13-5-4-10(15)7-9(13)8-12(18)14-11(16)3-2-6-17-14/h2-7,12,18H,8H2,1H3. The van der Waals surface area contributed by atoms with E-state index >= 15 is 0 Å². The van der Waals surface area contributed by atoms with Gasteiger partial charge in [0.2, 0.25) is 0 Å². The minimum atomic E-state index is -1.01. The average molecular weight is 326 g/mol. The summed E-state index contributed by atoms with van der Waals surface area (Å²) in [6, 6.07) is 8.24. The number of pyridine rings is 1. The minimum Gasteiger partial charge on any atom is -0.496 e. The third-order valence-corrected chi connectivity index (χ3v) is 3.25. The first kappa shape index (κ1) is 14.0. The summed E-state index contributed by atoms with van der Waals surface area (Å²) in [5.41, 5.74) is 0.832. The van der Waals surface area contributed by atoms with E-state index in [2.05, 4.69) is 20.9 Å². The van der Waals surface area contributed by atoms with Crippen molar-refractivity contribution in [2.45, 2.75) is 12.5 Å². The Morgan fingerprint density at radius 2 is 2.21 bits per heavy atom. The number of aliphatic hydroxyl groups excluding tert-OH is 1. The Bertz CT molecular complexity index is 577. The molecule has 0 saturated carbocycles. The van der Waals surface area contributed by atoms with Crippen LogP contribution in [-0.2, 0) is 6.42 Å². The van der Waals surface area contributed by atoms with Gasteiger partial charge in [-0.15, -0.1) is 0 Å². The maximum Gasteiger partial charge on any atom is 0.147 e. The van der Waals surface area contributed by atoms with Crippen LogP contribution in [0, 0.1) is 5.82 Å². The second-order valence-corrected chi connectivity index (χ2v) is 4.96. The first-order chi connectivity index (χ1) is 9.11. The maximum absolute atomic E-state index is 13.5. The van der Waals surface area contributed by atoms with Gasteiger partial charge in [0.25, 0.3) is 0 Å². The smallest absolute Gasteiger partial charge is 0.147 e. The molecular weight excluding hydrogens is 313 g/mol. The Kier molecular flexibility index (Phi) is 4.50. The molecule has 0 spiro atoms. The molecule has 5 heteroatoms. The Morgan fingerprint density at radius 1 is 1.42 bits per heavy atom. The lowest BCUT2D eigenvalue weighted by Gasteiger charge is -2.14. The van der Waals surface area contributed by atoms with E-state index in [1.807, 2.05) is 12.1 Å². The second-order valence-electron chi connectivity index (χ2n) is 4.05. The van der Waals surface area contributed by atoms with Crippen molar-refractivity contribution in [3.63, 3.8) is 0 Å². The van der Waals surface area contributed by atoms with Gasteiger partial charge in [0.15, 0.2) is 0 Å². The second kappa shape index (κ2) is 6.12. The summed E-state index contributed by atoms with van der Waals surface area (Å²) in [7, 11) is 1.56. The normalized spacial score (nSPS) is 12.2. The lowest BCUT2D eigenvalue weighted by atomic mass is 10.0. The van der Waals surface area contributed by atoms with E-state index in [0.29, 0.717) is 5.75 Å². The number of rotatable bonds is 4. The Hall–Kier alpha value is -1.46. The molecule has 100 valence electrons. The summed E-state index contributed by atoms with van der Waals surface area (Å²) in [6.07, 6.45) is 0.681. The van der Waals surface area contributed by atoms with Crippen LogP contribution in [0.15, 0.2) is 41.0 Å². The van der Waals surface area contributed by atoms with Gasteiger partial charge in [-0.3, -0.25) is 4.98 Å². The van der Waals surface area contributed by atoms with E-state index in [9.17, 15) is 9.50 Å². The van der Waals surface area contributed by atoms with Crippen molar-refractivity contribution in [1.82, 2.24) is 4.98 Å². The molecule has 0 fully saturated rings. The molecule has 0 aliphatic heterocycles. The molecule has 1 N–H and O–H groups in total. The number of benzene rings is 1. The van der Waals surface area contributed by atoms with Crippen LogP contribution in [0.25, 0.3) is 0 Å². The minimum absolute atomic E-state index is 0.0459. The maximum atomic E-state index is 13.5. The summed E-state index contributed by atoms with van der Waals surface area (Å²) in [6.45, 7) is 0. The number of nitrogens with zero attached hydrogens (tertiary/aromatic N) is 1. The monoisotopic (exact) mass is 325 g/mol. The van der Waals surface area contributed by atoms with E-state index < -0.39 is 11.9 Å². The predicted molar refractivity (Wildman–Crippen MR) is 73.6 cm³/mol. The van der Waals surface area contributed by atoms with Crippen LogP contribution >= 0.6 is 15.9 Å². The molecule has 1 atom stereocenters. The van der Waals surface area contributed by atoms with Crippen LogP contribution in [0.3, 0.4) is 0 Å². The molecule has 0 aliphatic carbocycles. The van der Waals surface area contributed by atoms with Gasteiger partial charge in [-0.05, 0) is 35.9 Å². The third-order valence-electron chi connectivity index (χ3n) is 2.76. The van der Waals surface area contributed by atoms with Crippen molar-refractivity contribution in [3.8, 4) is 5.75 Å². The van der Waals surface area contributed by atoms with Gasteiger partial charge in [0.05, 0.1) is 7.11 Å². The summed E-state index contributed by atoms with van der Waals surface area (Å²) in [4.78, 5) is 3.87. The lowest BCUT2D eigenvalue weighted by molar-refractivity contribution is 0.167. The Morgan fingerprint density at radius 3 is 2.89 bits per heavy atom. The molecule has 0 saturated heterocycles. The highest BCUT2D eigenvalue weighted by atomic mass is 79.9. The number of ether oxygens (including phenoxy) is 1. The van der Waals surface area contributed by atoms with Gasteiger partial charge in [-0.1, -0.05) is 15.9 Å². The summed E-state index contributed by atoms with van der Waals surface area (Å²) in [5.74, 6) is 0.141. The number of hydrogen-bond acceptors (Lipinski definition) is 3. The molecule has 1 aromatic heterocycles. The van der Waals surface area contributed by atoms with Crippen LogP contribution in [0.1, 0.15) is 17.4 Å². The molecule has 0 aliphatic rings. The first-order valence-corrected chi connectivity index (χ1v) is 6.52. The van der Waals surface area contributed by atoms with Crippen molar-refractivity contribution in [1.29, 1.82) is 0 Å².